The normalized spacial score (nSPS) is 15.2. The third-order valence-corrected chi connectivity index (χ3v) is 5.30. The largest absolute Gasteiger partial charge is 0.378 e. The maximum atomic E-state index is 12.5. The SMILES string of the molecule is CCn1c(S[C@H](C)C(=O)Nc2cccc(C#N)c2)nnc1N1CCOCC1. The first-order chi connectivity index (χ1) is 13.1. The Morgan fingerprint density at radius 2 is 2.19 bits per heavy atom. The number of rotatable bonds is 6. The minimum Gasteiger partial charge on any atom is -0.378 e. The van der Waals surface area contributed by atoms with Crippen molar-refractivity contribution in [2.75, 3.05) is 36.5 Å². The number of carbonyl (C=O) groups excluding carboxylic acids is 1. The lowest BCUT2D eigenvalue weighted by molar-refractivity contribution is -0.115. The Morgan fingerprint density at radius 3 is 2.89 bits per heavy atom. The number of nitriles is 1. The Labute approximate surface area is 162 Å². The summed E-state index contributed by atoms with van der Waals surface area (Å²) in [4.78, 5) is 14.7. The van der Waals surface area contributed by atoms with Gasteiger partial charge in [0.1, 0.15) is 0 Å². The fourth-order valence-electron chi connectivity index (χ4n) is 2.76. The molecule has 1 atom stereocenters. The van der Waals surface area contributed by atoms with Gasteiger partial charge in [0.15, 0.2) is 5.16 Å². The zero-order valence-electron chi connectivity index (χ0n) is 15.4. The van der Waals surface area contributed by atoms with Crippen LogP contribution in [0.1, 0.15) is 19.4 Å². The Balaban J connectivity index is 1.68. The molecule has 0 bridgehead atoms. The molecular formula is C18H22N6O2S. The second-order valence-electron chi connectivity index (χ2n) is 6.07. The molecule has 0 radical (unpaired) electrons. The van der Waals surface area contributed by atoms with Gasteiger partial charge >= 0.3 is 0 Å². The van der Waals surface area contributed by atoms with Gasteiger partial charge in [0.05, 0.1) is 30.1 Å². The van der Waals surface area contributed by atoms with Crippen LogP contribution in [0.5, 0.6) is 0 Å². The average molecular weight is 386 g/mol. The molecule has 0 saturated carbocycles. The molecule has 0 spiro atoms. The molecule has 142 valence electrons. The summed E-state index contributed by atoms with van der Waals surface area (Å²) >= 11 is 1.37. The summed E-state index contributed by atoms with van der Waals surface area (Å²) in [6, 6.07) is 8.93. The Bertz CT molecular complexity index is 841. The van der Waals surface area contributed by atoms with Crippen LogP contribution in [0.25, 0.3) is 0 Å². The quantitative estimate of drug-likeness (QED) is 0.760. The lowest BCUT2D eigenvalue weighted by Gasteiger charge is -2.27. The van der Waals surface area contributed by atoms with E-state index >= 15 is 0 Å². The number of ether oxygens (including phenoxy) is 1. The fourth-order valence-corrected chi connectivity index (χ4v) is 3.67. The summed E-state index contributed by atoms with van der Waals surface area (Å²) in [6.07, 6.45) is 0. The highest BCUT2D eigenvalue weighted by molar-refractivity contribution is 8.00. The van der Waals surface area contributed by atoms with Crippen LogP contribution in [0.3, 0.4) is 0 Å². The third kappa shape index (κ3) is 4.59. The molecule has 1 fully saturated rings. The van der Waals surface area contributed by atoms with Crippen molar-refractivity contribution in [1.29, 1.82) is 5.26 Å². The van der Waals surface area contributed by atoms with Crippen molar-refractivity contribution in [3.63, 3.8) is 0 Å². The lowest BCUT2D eigenvalue weighted by atomic mass is 10.2. The predicted octanol–water partition coefficient (Wildman–Crippen LogP) is 2.13. The number of hydrogen-bond donors (Lipinski definition) is 1. The molecule has 1 aromatic carbocycles. The van der Waals surface area contributed by atoms with Crippen molar-refractivity contribution < 1.29 is 9.53 Å². The topological polar surface area (TPSA) is 96.1 Å². The third-order valence-electron chi connectivity index (χ3n) is 4.22. The van der Waals surface area contributed by atoms with E-state index < -0.39 is 0 Å². The number of aromatic nitrogens is 3. The maximum Gasteiger partial charge on any atom is 0.237 e. The molecular weight excluding hydrogens is 364 g/mol. The molecule has 3 rings (SSSR count). The number of carbonyl (C=O) groups is 1. The summed E-state index contributed by atoms with van der Waals surface area (Å²) in [6.45, 7) is 7.52. The van der Waals surface area contributed by atoms with Crippen LogP contribution in [0, 0.1) is 11.3 Å². The summed E-state index contributed by atoms with van der Waals surface area (Å²) < 4.78 is 7.42. The fraction of sp³-hybridized carbons (Fsp3) is 0.444. The average Bonchev–Trinajstić information content (AvgIpc) is 3.11. The van der Waals surface area contributed by atoms with Crippen LogP contribution in [0.4, 0.5) is 11.6 Å². The number of amides is 1. The molecule has 0 unspecified atom stereocenters. The van der Waals surface area contributed by atoms with Gasteiger partial charge in [0.25, 0.3) is 0 Å². The monoisotopic (exact) mass is 386 g/mol. The highest BCUT2D eigenvalue weighted by atomic mass is 32.2. The van der Waals surface area contributed by atoms with E-state index in [1.54, 1.807) is 24.3 Å². The summed E-state index contributed by atoms with van der Waals surface area (Å²) in [5, 5.41) is 20.8. The highest BCUT2D eigenvalue weighted by Gasteiger charge is 2.23. The maximum absolute atomic E-state index is 12.5. The molecule has 2 heterocycles. The molecule has 0 aliphatic carbocycles. The zero-order valence-corrected chi connectivity index (χ0v) is 16.2. The Kier molecular flexibility index (Phi) is 6.32. The van der Waals surface area contributed by atoms with E-state index in [4.69, 9.17) is 10.00 Å². The molecule has 27 heavy (non-hydrogen) atoms. The second-order valence-corrected chi connectivity index (χ2v) is 7.38. The van der Waals surface area contributed by atoms with E-state index in [9.17, 15) is 4.79 Å². The van der Waals surface area contributed by atoms with E-state index in [-0.39, 0.29) is 11.2 Å². The molecule has 1 aliphatic rings. The van der Waals surface area contributed by atoms with Gasteiger partial charge in [-0.05, 0) is 32.0 Å². The number of benzene rings is 1. The van der Waals surface area contributed by atoms with Crippen molar-refractivity contribution in [3.05, 3.63) is 29.8 Å². The molecule has 1 saturated heterocycles. The standard InChI is InChI=1S/C18H22N6O2S/c1-3-24-17(23-7-9-26-10-8-23)21-22-18(24)27-13(2)16(25)20-15-6-4-5-14(11-15)12-19/h4-6,11,13H,3,7-10H2,1-2H3,(H,20,25)/t13-/m1/s1. The number of anilines is 2. The molecule has 1 aliphatic heterocycles. The van der Waals surface area contributed by atoms with Crippen LogP contribution in [0.15, 0.2) is 29.4 Å². The van der Waals surface area contributed by atoms with Gasteiger partial charge in [-0.15, -0.1) is 10.2 Å². The molecule has 8 nitrogen and oxygen atoms in total. The van der Waals surface area contributed by atoms with Gasteiger partial charge in [0.2, 0.25) is 11.9 Å². The first-order valence-corrected chi connectivity index (χ1v) is 9.74. The van der Waals surface area contributed by atoms with E-state index in [0.29, 0.717) is 29.6 Å². The minimum absolute atomic E-state index is 0.145. The van der Waals surface area contributed by atoms with Crippen LogP contribution in [0.2, 0.25) is 0 Å². The molecule has 1 aromatic heterocycles. The van der Waals surface area contributed by atoms with E-state index in [1.165, 1.54) is 11.8 Å². The summed E-state index contributed by atoms with van der Waals surface area (Å²) in [5.41, 5.74) is 1.12. The number of nitrogens with zero attached hydrogens (tertiary/aromatic N) is 5. The highest BCUT2D eigenvalue weighted by Crippen LogP contribution is 2.26. The van der Waals surface area contributed by atoms with Gasteiger partial charge in [-0.2, -0.15) is 5.26 Å². The van der Waals surface area contributed by atoms with Crippen LogP contribution >= 0.6 is 11.8 Å². The molecule has 9 heteroatoms. The van der Waals surface area contributed by atoms with E-state index in [2.05, 4.69) is 26.5 Å². The number of thioether (sulfide) groups is 1. The van der Waals surface area contributed by atoms with Crippen molar-refractivity contribution in [2.45, 2.75) is 30.8 Å². The van der Waals surface area contributed by atoms with Crippen LogP contribution in [-0.2, 0) is 16.1 Å². The minimum atomic E-state index is -0.359. The molecule has 1 amide bonds. The first kappa shape index (κ1) is 19.2. The summed E-state index contributed by atoms with van der Waals surface area (Å²) in [5.74, 6) is 0.672. The number of morpholine rings is 1. The Morgan fingerprint density at radius 1 is 1.41 bits per heavy atom. The zero-order chi connectivity index (χ0) is 19.2. The van der Waals surface area contributed by atoms with Crippen molar-refractivity contribution in [3.8, 4) is 6.07 Å². The van der Waals surface area contributed by atoms with Gasteiger partial charge in [0, 0.05) is 25.3 Å². The predicted molar refractivity (Wildman–Crippen MR) is 104 cm³/mol. The van der Waals surface area contributed by atoms with Gasteiger partial charge in [-0.25, -0.2) is 0 Å². The Hall–Kier alpha value is -2.57. The van der Waals surface area contributed by atoms with Gasteiger partial charge in [-0.1, -0.05) is 17.8 Å². The van der Waals surface area contributed by atoms with E-state index in [1.807, 2.05) is 18.4 Å². The first-order valence-electron chi connectivity index (χ1n) is 8.86. The van der Waals surface area contributed by atoms with E-state index in [0.717, 1.165) is 25.6 Å². The van der Waals surface area contributed by atoms with Crippen molar-refractivity contribution in [2.24, 2.45) is 0 Å². The van der Waals surface area contributed by atoms with Crippen molar-refractivity contribution in [1.82, 2.24) is 14.8 Å². The molecule has 2 aromatic rings. The van der Waals surface area contributed by atoms with Crippen LogP contribution in [-0.4, -0.2) is 52.2 Å². The smallest absolute Gasteiger partial charge is 0.237 e. The number of hydrogen-bond acceptors (Lipinski definition) is 7. The molecule has 1 N–H and O–H groups in total. The number of nitrogens with one attached hydrogen (secondary N) is 1. The van der Waals surface area contributed by atoms with Gasteiger partial charge in [-0.3, -0.25) is 9.36 Å². The van der Waals surface area contributed by atoms with Gasteiger partial charge < -0.3 is 15.0 Å². The second kappa shape index (κ2) is 8.88. The lowest BCUT2D eigenvalue weighted by Crippen LogP contribution is -2.38. The van der Waals surface area contributed by atoms with Crippen LogP contribution < -0.4 is 10.2 Å². The summed E-state index contributed by atoms with van der Waals surface area (Å²) in [7, 11) is 0. The van der Waals surface area contributed by atoms with Crippen molar-refractivity contribution >= 4 is 29.3 Å².